The van der Waals surface area contributed by atoms with E-state index in [1.54, 1.807) is 18.2 Å². The van der Waals surface area contributed by atoms with Crippen LogP contribution in [-0.2, 0) is 0 Å². The van der Waals surface area contributed by atoms with Gasteiger partial charge in [-0.05, 0) is 37.3 Å². The first-order valence-corrected chi connectivity index (χ1v) is 7.61. The summed E-state index contributed by atoms with van der Waals surface area (Å²) in [6, 6.07) is 5.32. The quantitative estimate of drug-likeness (QED) is 0.876. The second-order valence-corrected chi connectivity index (χ2v) is 6.44. The van der Waals surface area contributed by atoms with Crippen LogP contribution in [0.3, 0.4) is 0 Å². The van der Waals surface area contributed by atoms with Crippen molar-refractivity contribution in [3.63, 3.8) is 0 Å². The zero-order valence-corrected chi connectivity index (χ0v) is 12.7. The lowest BCUT2D eigenvalue weighted by atomic mass is 9.76. The fraction of sp³-hybridized carbons (Fsp3) is 0.600. The number of rotatable bonds is 4. The maximum absolute atomic E-state index is 10.8. The van der Waals surface area contributed by atoms with Crippen molar-refractivity contribution < 1.29 is 5.11 Å². The number of aliphatic hydroxyl groups is 1. The van der Waals surface area contributed by atoms with Gasteiger partial charge in [-0.2, -0.15) is 0 Å². The highest BCUT2D eigenvalue weighted by atomic mass is 35.5. The highest BCUT2D eigenvalue weighted by Gasteiger charge is 2.44. The minimum atomic E-state index is -0.685. The fourth-order valence-electron chi connectivity index (χ4n) is 3.24. The summed E-state index contributed by atoms with van der Waals surface area (Å²) in [5.41, 5.74) is 6.33. The summed E-state index contributed by atoms with van der Waals surface area (Å²) in [4.78, 5) is 0. The minimum Gasteiger partial charge on any atom is -0.388 e. The summed E-state index contributed by atoms with van der Waals surface area (Å²) < 4.78 is 0. The Morgan fingerprint density at radius 3 is 2.53 bits per heavy atom. The number of nitrogens with two attached hydrogens (primary N) is 1. The largest absolute Gasteiger partial charge is 0.388 e. The van der Waals surface area contributed by atoms with Gasteiger partial charge in [-0.25, -0.2) is 0 Å². The third kappa shape index (κ3) is 2.78. The molecule has 19 heavy (non-hydrogen) atoms. The van der Waals surface area contributed by atoms with Gasteiger partial charge in [0.1, 0.15) is 0 Å². The molecule has 0 amide bonds. The van der Waals surface area contributed by atoms with E-state index in [-0.39, 0.29) is 5.41 Å². The molecule has 3 N–H and O–H groups in total. The fourth-order valence-corrected chi connectivity index (χ4v) is 3.85. The zero-order valence-electron chi connectivity index (χ0n) is 11.2. The van der Waals surface area contributed by atoms with E-state index in [4.69, 9.17) is 28.9 Å². The lowest BCUT2D eigenvalue weighted by molar-refractivity contribution is 0.0303. The molecule has 1 saturated carbocycles. The Kier molecular flexibility index (Phi) is 4.78. The van der Waals surface area contributed by atoms with Gasteiger partial charge in [0.15, 0.2) is 0 Å². The van der Waals surface area contributed by atoms with E-state index in [2.05, 4.69) is 6.92 Å². The van der Waals surface area contributed by atoms with Crippen molar-refractivity contribution in [2.45, 2.75) is 38.7 Å². The van der Waals surface area contributed by atoms with Gasteiger partial charge in [-0.1, -0.05) is 42.6 Å². The number of halogens is 2. The van der Waals surface area contributed by atoms with Gasteiger partial charge in [0.05, 0.1) is 6.10 Å². The van der Waals surface area contributed by atoms with Crippen molar-refractivity contribution in [1.82, 2.24) is 0 Å². The Labute approximate surface area is 124 Å². The van der Waals surface area contributed by atoms with Crippen LogP contribution < -0.4 is 5.73 Å². The van der Waals surface area contributed by atoms with Gasteiger partial charge in [-0.15, -0.1) is 0 Å². The van der Waals surface area contributed by atoms with E-state index in [0.717, 1.165) is 25.7 Å². The molecule has 0 radical (unpaired) electrons. The Balaban J connectivity index is 2.34. The van der Waals surface area contributed by atoms with Crippen LogP contribution in [0.4, 0.5) is 0 Å². The summed E-state index contributed by atoms with van der Waals surface area (Å²) >= 11 is 12.4. The monoisotopic (exact) mass is 301 g/mol. The van der Waals surface area contributed by atoms with Crippen molar-refractivity contribution >= 4 is 23.2 Å². The van der Waals surface area contributed by atoms with Crippen LogP contribution in [0.2, 0.25) is 10.0 Å². The average Bonchev–Trinajstić information content (AvgIpc) is 2.83. The molecule has 1 fully saturated rings. The van der Waals surface area contributed by atoms with Crippen molar-refractivity contribution in [3.8, 4) is 0 Å². The first-order chi connectivity index (χ1) is 9.04. The van der Waals surface area contributed by atoms with Gasteiger partial charge >= 0.3 is 0 Å². The third-order valence-electron chi connectivity index (χ3n) is 4.58. The van der Waals surface area contributed by atoms with Crippen molar-refractivity contribution in [2.24, 2.45) is 17.1 Å². The van der Waals surface area contributed by atoms with Crippen molar-refractivity contribution in [3.05, 3.63) is 33.8 Å². The van der Waals surface area contributed by atoms with Crippen LogP contribution >= 0.6 is 23.2 Å². The topological polar surface area (TPSA) is 46.2 Å². The molecule has 3 atom stereocenters. The maximum atomic E-state index is 10.8. The van der Waals surface area contributed by atoms with Gasteiger partial charge in [0.25, 0.3) is 0 Å². The predicted octanol–water partition coefficient (Wildman–Crippen LogP) is 4.18. The molecule has 4 heteroatoms. The van der Waals surface area contributed by atoms with E-state index >= 15 is 0 Å². The highest BCUT2D eigenvalue weighted by Crippen LogP contribution is 2.52. The number of benzene rings is 1. The van der Waals surface area contributed by atoms with Crippen LogP contribution in [0.1, 0.15) is 44.3 Å². The molecule has 0 aromatic heterocycles. The highest BCUT2D eigenvalue weighted by molar-refractivity contribution is 6.36. The lowest BCUT2D eigenvalue weighted by Gasteiger charge is -2.34. The standard InChI is InChI=1S/C15H21Cl2NO/c1-2-10-6-7-15(8-10,9-18)14(19)13-11(16)4-3-5-12(13)17/h3-5,10,14,19H,2,6-9,18H2,1H3. The molecular formula is C15H21Cl2NO. The summed E-state index contributed by atoms with van der Waals surface area (Å²) in [5, 5.41) is 11.8. The van der Waals surface area contributed by atoms with Crippen LogP contribution in [-0.4, -0.2) is 11.7 Å². The van der Waals surface area contributed by atoms with E-state index in [9.17, 15) is 5.11 Å². The summed E-state index contributed by atoms with van der Waals surface area (Å²) in [5.74, 6) is 0.638. The minimum absolute atomic E-state index is 0.282. The molecular weight excluding hydrogens is 281 g/mol. The molecule has 106 valence electrons. The van der Waals surface area contributed by atoms with E-state index in [0.29, 0.717) is 28.1 Å². The van der Waals surface area contributed by atoms with Crippen LogP contribution in [0.5, 0.6) is 0 Å². The average molecular weight is 302 g/mol. The van der Waals surface area contributed by atoms with Gasteiger partial charge in [0, 0.05) is 27.6 Å². The zero-order chi connectivity index (χ0) is 14.0. The van der Waals surface area contributed by atoms with Crippen LogP contribution in [0.25, 0.3) is 0 Å². The lowest BCUT2D eigenvalue weighted by Crippen LogP contribution is -2.35. The molecule has 0 spiro atoms. The second kappa shape index (κ2) is 6.01. The molecule has 1 aromatic carbocycles. The van der Waals surface area contributed by atoms with Crippen molar-refractivity contribution in [2.75, 3.05) is 6.54 Å². The predicted molar refractivity (Wildman–Crippen MR) is 80.5 cm³/mol. The normalized spacial score (nSPS) is 28.6. The smallest absolute Gasteiger partial charge is 0.0887 e. The van der Waals surface area contributed by atoms with Gasteiger partial charge in [0.2, 0.25) is 0 Å². The number of aliphatic hydroxyl groups excluding tert-OH is 1. The van der Waals surface area contributed by atoms with E-state index in [1.165, 1.54) is 0 Å². The molecule has 3 unspecified atom stereocenters. The first-order valence-electron chi connectivity index (χ1n) is 6.86. The first kappa shape index (κ1) is 15.1. The molecule has 2 nitrogen and oxygen atoms in total. The van der Waals surface area contributed by atoms with E-state index < -0.39 is 6.10 Å². The van der Waals surface area contributed by atoms with E-state index in [1.807, 2.05) is 0 Å². The third-order valence-corrected chi connectivity index (χ3v) is 5.24. The molecule has 2 rings (SSSR count). The molecule has 1 aliphatic carbocycles. The Bertz CT molecular complexity index is 432. The number of hydrogen-bond donors (Lipinski definition) is 2. The molecule has 1 aromatic rings. The maximum Gasteiger partial charge on any atom is 0.0887 e. The molecule has 0 saturated heterocycles. The second-order valence-electron chi connectivity index (χ2n) is 5.62. The van der Waals surface area contributed by atoms with Gasteiger partial charge in [-0.3, -0.25) is 0 Å². The van der Waals surface area contributed by atoms with Crippen LogP contribution in [0.15, 0.2) is 18.2 Å². The Morgan fingerprint density at radius 2 is 2.05 bits per heavy atom. The molecule has 1 aliphatic rings. The molecule has 0 heterocycles. The SMILES string of the molecule is CCC1CCC(CN)(C(O)c2c(Cl)cccc2Cl)C1. The molecule has 0 aliphatic heterocycles. The molecule has 0 bridgehead atoms. The number of hydrogen-bond acceptors (Lipinski definition) is 2. The summed E-state index contributed by atoms with van der Waals surface area (Å²) in [7, 11) is 0. The summed E-state index contributed by atoms with van der Waals surface area (Å²) in [6.45, 7) is 2.65. The van der Waals surface area contributed by atoms with Crippen molar-refractivity contribution in [1.29, 1.82) is 0 Å². The Morgan fingerprint density at radius 1 is 1.42 bits per heavy atom. The van der Waals surface area contributed by atoms with Gasteiger partial charge < -0.3 is 10.8 Å². The summed E-state index contributed by atoms with van der Waals surface area (Å²) in [6.07, 6.45) is 3.45. The Hall–Kier alpha value is -0.280. The van der Waals surface area contributed by atoms with Crippen LogP contribution in [0, 0.1) is 11.3 Å².